The van der Waals surface area contributed by atoms with Crippen LogP contribution in [0.3, 0.4) is 0 Å². The molecule has 3 aromatic carbocycles. The summed E-state index contributed by atoms with van der Waals surface area (Å²) in [6.07, 6.45) is 6.80. The minimum absolute atomic E-state index is 0.130. The number of carbonyl (C=O) groups excluding carboxylic acids is 1. The largest absolute Gasteiger partial charge is 0.395 e. The average molecular weight is 627 g/mol. The van der Waals surface area contributed by atoms with Crippen LogP contribution in [0.4, 0.5) is 0 Å². The topological polar surface area (TPSA) is 84.2 Å². The predicted octanol–water partition coefficient (Wildman–Crippen LogP) is 6.62. The van der Waals surface area contributed by atoms with Gasteiger partial charge in [0.2, 0.25) is 0 Å². The van der Waals surface area contributed by atoms with Crippen LogP contribution in [0.1, 0.15) is 91.9 Å². The average Bonchev–Trinajstić information content (AvgIpc) is 3.57. The van der Waals surface area contributed by atoms with Gasteiger partial charge >= 0.3 is 0 Å². The van der Waals surface area contributed by atoms with E-state index >= 15 is 0 Å². The van der Waals surface area contributed by atoms with Crippen LogP contribution in [0.2, 0.25) is 0 Å². The molecule has 6 nitrogen and oxygen atoms in total. The number of aliphatic hydroxyl groups is 3. The van der Waals surface area contributed by atoms with Crippen molar-refractivity contribution in [2.45, 2.75) is 89.3 Å². The van der Waals surface area contributed by atoms with Crippen molar-refractivity contribution in [3.8, 4) is 0 Å². The van der Waals surface area contributed by atoms with E-state index in [1.54, 1.807) is 4.90 Å². The van der Waals surface area contributed by atoms with Crippen LogP contribution >= 0.6 is 0 Å². The molecule has 1 aliphatic carbocycles. The standard InChI is InChI=1S/C40H54N2O4/c1-5-40(23-13-14-24-40)41(25-27-43)30-31(2)36-19-11-9-15-32(36)21-22-35(45)29-33-16-10-12-20-37(33)38(46)42(26-28-44)39(3,4)34-17-7-6-8-18-34/h6-12,15-20,35,43-45H,2,5,13-14,21-30H2,1,3-4H3. The Morgan fingerprint density at radius 3 is 2.09 bits per heavy atom. The van der Waals surface area contributed by atoms with E-state index in [9.17, 15) is 20.1 Å². The molecule has 248 valence electrons. The molecule has 1 amide bonds. The molecule has 3 aromatic rings. The number of β-amino-alcohol motifs (C(OH)–C–C–N with tert-alkyl or cyclic N) is 1. The number of hydrogen-bond donors (Lipinski definition) is 3. The van der Waals surface area contributed by atoms with Crippen molar-refractivity contribution in [2.75, 3.05) is 32.8 Å². The number of aryl methyl sites for hydroxylation is 1. The summed E-state index contributed by atoms with van der Waals surface area (Å²) in [5.74, 6) is -0.160. The highest BCUT2D eigenvalue weighted by Crippen LogP contribution is 2.39. The second-order valence-corrected chi connectivity index (χ2v) is 13.4. The van der Waals surface area contributed by atoms with Gasteiger partial charge in [-0.15, -0.1) is 0 Å². The van der Waals surface area contributed by atoms with Crippen LogP contribution in [0, 0.1) is 0 Å². The Morgan fingerprint density at radius 2 is 1.46 bits per heavy atom. The zero-order valence-electron chi connectivity index (χ0n) is 28.1. The lowest BCUT2D eigenvalue weighted by atomic mass is 9.89. The zero-order chi connectivity index (χ0) is 33.2. The van der Waals surface area contributed by atoms with Gasteiger partial charge in [0, 0.05) is 30.7 Å². The van der Waals surface area contributed by atoms with E-state index in [-0.39, 0.29) is 31.2 Å². The van der Waals surface area contributed by atoms with Gasteiger partial charge in [-0.3, -0.25) is 9.69 Å². The Kier molecular flexibility index (Phi) is 12.8. The third-order valence-corrected chi connectivity index (χ3v) is 10.2. The summed E-state index contributed by atoms with van der Waals surface area (Å²) < 4.78 is 0. The minimum Gasteiger partial charge on any atom is -0.395 e. The summed E-state index contributed by atoms with van der Waals surface area (Å²) in [5, 5.41) is 31.1. The van der Waals surface area contributed by atoms with E-state index in [1.807, 2.05) is 80.6 Å². The SMILES string of the molecule is C=C(CN(CCO)C1(CC)CCCC1)c1ccccc1CCC(O)Cc1ccccc1C(=O)N(CCO)C(C)(C)c1ccccc1. The highest BCUT2D eigenvalue weighted by molar-refractivity contribution is 5.96. The fourth-order valence-corrected chi connectivity index (χ4v) is 7.40. The Labute approximate surface area is 276 Å². The van der Waals surface area contributed by atoms with Crippen molar-refractivity contribution in [1.82, 2.24) is 9.80 Å². The monoisotopic (exact) mass is 626 g/mol. The lowest BCUT2D eigenvalue weighted by molar-refractivity contribution is 0.0479. The van der Waals surface area contributed by atoms with Crippen molar-refractivity contribution < 1.29 is 20.1 Å². The Hall–Kier alpha value is -3.29. The van der Waals surface area contributed by atoms with Gasteiger partial charge in [-0.25, -0.2) is 0 Å². The number of nitrogens with zero attached hydrogens (tertiary/aromatic N) is 2. The molecule has 0 spiro atoms. The van der Waals surface area contributed by atoms with Crippen LogP contribution in [0.15, 0.2) is 85.4 Å². The number of benzene rings is 3. The molecule has 1 aliphatic rings. The van der Waals surface area contributed by atoms with Gasteiger partial charge in [-0.05, 0) is 86.3 Å². The fraction of sp³-hybridized carbons (Fsp3) is 0.475. The van der Waals surface area contributed by atoms with E-state index < -0.39 is 11.6 Å². The molecule has 0 radical (unpaired) electrons. The summed E-state index contributed by atoms with van der Waals surface area (Å²) >= 11 is 0. The van der Waals surface area contributed by atoms with E-state index in [0.717, 1.165) is 47.1 Å². The molecule has 0 bridgehead atoms. The third-order valence-electron chi connectivity index (χ3n) is 10.2. The lowest BCUT2D eigenvalue weighted by Crippen LogP contribution is -2.48. The molecule has 0 aromatic heterocycles. The van der Waals surface area contributed by atoms with Crippen LogP contribution in [-0.2, 0) is 18.4 Å². The third kappa shape index (κ3) is 8.34. The van der Waals surface area contributed by atoms with Gasteiger partial charge in [0.05, 0.1) is 24.9 Å². The first-order valence-electron chi connectivity index (χ1n) is 17.0. The Morgan fingerprint density at radius 1 is 0.870 bits per heavy atom. The molecule has 1 atom stereocenters. The molecule has 4 rings (SSSR count). The molecule has 1 unspecified atom stereocenters. The second-order valence-electron chi connectivity index (χ2n) is 13.4. The predicted molar refractivity (Wildman–Crippen MR) is 188 cm³/mol. The van der Waals surface area contributed by atoms with Crippen molar-refractivity contribution >= 4 is 11.5 Å². The maximum atomic E-state index is 14.0. The van der Waals surface area contributed by atoms with Crippen molar-refractivity contribution in [1.29, 1.82) is 0 Å². The van der Waals surface area contributed by atoms with E-state index in [2.05, 4.69) is 30.5 Å². The normalized spacial score (nSPS) is 15.2. The summed E-state index contributed by atoms with van der Waals surface area (Å²) in [4.78, 5) is 18.2. The van der Waals surface area contributed by atoms with Crippen LogP contribution in [-0.4, -0.2) is 75.5 Å². The molecular weight excluding hydrogens is 572 g/mol. The van der Waals surface area contributed by atoms with Gasteiger partial charge in [0.15, 0.2) is 0 Å². The smallest absolute Gasteiger partial charge is 0.254 e. The molecule has 46 heavy (non-hydrogen) atoms. The molecule has 1 fully saturated rings. The molecule has 0 saturated heterocycles. The zero-order valence-corrected chi connectivity index (χ0v) is 28.1. The van der Waals surface area contributed by atoms with E-state index in [0.29, 0.717) is 37.9 Å². The first kappa shape index (κ1) is 35.6. The van der Waals surface area contributed by atoms with E-state index in [1.165, 1.54) is 12.8 Å². The minimum atomic E-state index is -0.642. The van der Waals surface area contributed by atoms with Gasteiger partial charge < -0.3 is 20.2 Å². The summed E-state index contributed by atoms with van der Waals surface area (Å²) in [6.45, 7) is 12.3. The number of amides is 1. The maximum absolute atomic E-state index is 14.0. The van der Waals surface area contributed by atoms with Crippen LogP contribution in [0.25, 0.3) is 5.57 Å². The summed E-state index contributed by atoms with van der Waals surface area (Å²) in [7, 11) is 0. The van der Waals surface area contributed by atoms with Gasteiger partial charge in [0.1, 0.15) is 0 Å². The Balaban J connectivity index is 1.46. The van der Waals surface area contributed by atoms with Gasteiger partial charge in [0.25, 0.3) is 5.91 Å². The number of aliphatic hydroxyl groups excluding tert-OH is 3. The first-order valence-corrected chi connectivity index (χ1v) is 17.0. The van der Waals surface area contributed by atoms with Crippen LogP contribution < -0.4 is 0 Å². The van der Waals surface area contributed by atoms with Crippen molar-refractivity contribution in [3.05, 3.63) is 113 Å². The molecule has 6 heteroatoms. The first-order chi connectivity index (χ1) is 22.2. The molecule has 1 saturated carbocycles. The number of rotatable bonds is 17. The second kappa shape index (κ2) is 16.5. The quantitative estimate of drug-likeness (QED) is 0.157. The Bertz CT molecular complexity index is 1410. The molecule has 0 heterocycles. The highest BCUT2D eigenvalue weighted by atomic mass is 16.3. The molecular formula is C40H54N2O4. The van der Waals surface area contributed by atoms with Crippen LogP contribution in [0.5, 0.6) is 0 Å². The summed E-state index contributed by atoms with van der Waals surface area (Å²) in [5.41, 5.74) is 5.13. The summed E-state index contributed by atoms with van der Waals surface area (Å²) in [6, 6.07) is 25.7. The van der Waals surface area contributed by atoms with Gasteiger partial charge in [-0.1, -0.05) is 99.1 Å². The maximum Gasteiger partial charge on any atom is 0.254 e. The van der Waals surface area contributed by atoms with Crippen molar-refractivity contribution in [3.63, 3.8) is 0 Å². The number of carbonyl (C=O) groups is 1. The fourth-order valence-electron chi connectivity index (χ4n) is 7.40. The highest BCUT2D eigenvalue weighted by Gasteiger charge is 2.38. The lowest BCUT2D eigenvalue weighted by Gasteiger charge is -2.41. The van der Waals surface area contributed by atoms with Gasteiger partial charge in [-0.2, -0.15) is 0 Å². The molecule has 3 N–H and O–H groups in total. The molecule has 0 aliphatic heterocycles. The number of hydrogen-bond acceptors (Lipinski definition) is 5. The van der Waals surface area contributed by atoms with Crippen molar-refractivity contribution in [2.24, 2.45) is 0 Å². The van der Waals surface area contributed by atoms with E-state index in [4.69, 9.17) is 0 Å².